The first-order valence-corrected chi connectivity index (χ1v) is 12.6. The molecule has 0 radical (unpaired) electrons. The van der Waals surface area contributed by atoms with Gasteiger partial charge in [0.2, 0.25) is 0 Å². The van der Waals surface area contributed by atoms with Crippen LogP contribution in [0.1, 0.15) is 104 Å². The van der Waals surface area contributed by atoms with E-state index in [9.17, 15) is 22.6 Å². The Hall–Kier alpha value is -0.150. The van der Waals surface area contributed by atoms with Gasteiger partial charge < -0.3 is 9.47 Å². The molecule has 0 amide bonds. The molecule has 0 spiro atoms. The van der Waals surface area contributed by atoms with Crippen LogP contribution in [0.2, 0.25) is 0 Å². The summed E-state index contributed by atoms with van der Waals surface area (Å²) in [5, 5.41) is -1.93. The van der Waals surface area contributed by atoms with E-state index in [2.05, 4.69) is 6.92 Å². The predicted molar refractivity (Wildman–Crippen MR) is 120 cm³/mol. The fourth-order valence-electron chi connectivity index (χ4n) is 2.91. The van der Waals surface area contributed by atoms with Gasteiger partial charge in [-0.05, 0) is 12.8 Å². The molecule has 0 aliphatic rings. The van der Waals surface area contributed by atoms with Gasteiger partial charge in [0.25, 0.3) is 10.1 Å². The van der Waals surface area contributed by atoms with E-state index in [1.165, 1.54) is 38.5 Å². The maximum absolute atomic E-state index is 12.0. The molecule has 1 unspecified atom stereocenters. The third kappa shape index (κ3) is 18.6. The standard InChI is InChI=1S/C21H40O7S.Na.H/c1-3-5-7-8-9-10-11-12-13-15-17-28-21(23)19(29(24,25)26)18-20(22)27-16-14-6-4-2;;/h19H,3-18H2,1-2H3,(H,24,25,26);;. The molecule has 0 aliphatic carbocycles. The fourth-order valence-corrected chi connectivity index (χ4v) is 3.57. The third-order valence-corrected chi connectivity index (χ3v) is 5.81. The summed E-state index contributed by atoms with van der Waals surface area (Å²) < 4.78 is 42.0. The van der Waals surface area contributed by atoms with E-state index >= 15 is 0 Å². The van der Waals surface area contributed by atoms with E-state index in [1.807, 2.05) is 6.92 Å². The van der Waals surface area contributed by atoms with Crippen molar-refractivity contribution in [2.24, 2.45) is 0 Å². The predicted octanol–water partition coefficient (Wildman–Crippen LogP) is 4.18. The second-order valence-corrected chi connectivity index (χ2v) is 9.08. The molecule has 7 nitrogen and oxygen atoms in total. The zero-order valence-corrected chi connectivity index (χ0v) is 19.0. The first-order valence-electron chi connectivity index (χ1n) is 11.1. The van der Waals surface area contributed by atoms with E-state index in [1.54, 1.807) is 0 Å². The molecule has 0 bridgehead atoms. The van der Waals surface area contributed by atoms with Crippen molar-refractivity contribution in [2.75, 3.05) is 13.2 Å². The quantitative estimate of drug-likeness (QED) is 0.133. The molecule has 0 rings (SSSR count). The number of carbonyl (C=O) groups excluding carboxylic acids is 2. The van der Waals surface area contributed by atoms with Crippen molar-refractivity contribution >= 4 is 51.6 Å². The Morgan fingerprint density at radius 1 is 0.733 bits per heavy atom. The Morgan fingerprint density at radius 3 is 1.63 bits per heavy atom. The molecular weight excluding hydrogens is 419 g/mol. The van der Waals surface area contributed by atoms with Gasteiger partial charge in [-0.1, -0.05) is 84.5 Å². The second-order valence-electron chi connectivity index (χ2n) is 7.48. The van der Waals surface area contributed by atoms with Crippen LogP contribution in [0.3, 0.4) is 0 Å². The molecule has 0 saturated carbocycles. The summed E-state index contributed by atoms with van der Waals surface area (Å²) in [4.78, 5) is 23.7. The number of rotatable bonds is 19. The Morgan fingerprint density at radius 2 is 1.13 bits per heavy atom. The molecule has 9 heteroatoms. The van der Waals surface area contributed by atoms with Crippen molar-refractivity contribution in [3.05, 3.63) is 0 Å². The van der Waals surface area contributed by atoms with Gasteiger partial charge in [0.15, 0.2) is 5.25 Å². The molecule has 0 aliphatic heterocycles. The first-order chi connectivity index (χ1) is 13.8. The van der Waals surface area contributed by atoms with Crippen molar-refractivity contribution in [3.63, 3.8) is 0 Å². The summed E-state index contributed by atoms with van der Waals surface area (Å²) in [5.74, 6) is -1.94. The van der Waals surface area contributed by atoms with Crippen LogP contribution < -0.4 is 0 Å². The normalized spacial score (nSPS) is 12.1. The molecule has 0 aromatic heterocycles. The van der Waals surface area contributed by atoms with E-state index in [0.717, 1.165) is 32.1 Å². The van der Waals surface area contributed by atoms with Crippen LogP contribution in [0.5, 0.6) is 0 Å². The van der Waals surface area contributed by atoms with Gasteiger partial charge in [-0.2, -0.15) is 8.42 Å². The minimum atomic E-state index is -4.73. The Bertz CT molecular complexity index is 537. The molecule has 0 fully saturated rings. The summed E-state index contributed by atoms with van der Waals surface area (Å²) >= 11 is 0. The van der Waals surface area contributed by atoms with E-state index in [-0.39, 0.29) is 42.8 Å². The average molecular weight is 461 g/mol. The van der Waals surface area contributed by atoms with Gasteiger partial charge in [-0.3, -0.25) is 14.1 Å². The van der Waals surface area contributed by atoms with Crippen LogP contribution in [0.25, 0.3) is 0 Å². The van der Waals surface area contributed by atoms with Gasteiger partial charge in [-0.25, -0.2) is 0 Å². The number of hydrogen-bond acceptors (Lipinski definition) is 6. The Labute approximate surface area is 205 Å². The molecule has 0 heterocycles. The van der Waals surface area contributed by atoms with E-state index in [4.69, 9.17) is 9.47 Å². The number of ether oxygens (including phenoxy) is 2. The fraction of sp³-hybridized carbons (Fsp3) is 0.905. The number of carbonyl (C=O) groups is 2. The molecule has 1 N–H and O–H groups in total. The Kier molecular flexibility index (Phi) is 22.1. The summed E-state index contributed by atoms with van der Waals surface area (Å²) in [5.41, 5.74) is 0. The summed E-state index contributed by atoms with van der Waals surface area (Å²) in [7, 11) is -4.73. The molecule has 30 heavy (non-hydrogen) atoms. The number of esters is 2. The second kappa shape index (κ2) is 20.7. The van der Waals surface area contributed by atoms with Crippen LogP contribution in [0.4, 0.5) is 0 Å². The van der Waals surface area contributed by atoms with Crippen LogP contribution in [0.15, 0.2) is 0 Å². The van der Waals surface area contributed by atoms with Crippen LogP contribution >= 0.6 is 0 Å². The molecular formula is C21H41NaO7S. The van der Waals surface area contributed by atoms with Crippen LogP contribution in [0, 0.1) is 0 Å². The van der Waals surface area contributed by atoms with E-state index in [0.29, 0.717) is 12.8 Å². The van der Waals surface area contributed by atoms with Crippen molar-refractivity contribution < 1.29 is 32.0 Å². The third-order valence-electron chi connectivity index (χ3n) is 4.73. The minimum absolute atomic E-state index is 0. The van der Waals surface area contributed by atoms with Gasteiger partial charge in [0.1, 0.15) is 0 Å². The summed E-state index contributed by atoms with van der Waals surface area (Å²) in [6.45, 7) is 4.44. The maximum atomic E-state index is 12.0. The van der Waals surface area contributed by atoms with Gasteiger partial charge >= 0.3 is 41.5 Å². The average Bonchev–Trinajstić information content (AvgIpc) is 2.66. The molecule has 174 valence electrons. The molecule has 0 aromatic carbocycles. The van der Waals surface area contributed by atoms with Gasteiger partial charge in [0.05, 0.1) is 19.6 Å². The molecule has 0 aromatic rings. The van der Waals surface area contributed by atoms with E-state index < -0.39 is 33.7 Å². The molecule has 1 atom stereocenters. The van der Waals surface area contributed by atoms with Crippen molar-refractivity contribution in [1.29, 1.82) is 0 Å². The summed E-state index contributed by atoms with van der Waals surface area (Å²) in [6.07, 6.45) is 13.0. The van der Waals surface area contributed by atoms with Crippen molar-refractivity contribution in [3.8, 4) is 0 Å². The van der Waals surface area contributed by atoms with Crippen molar-refractivity contribution in [2.45, 2.75) is 109 Å². The molecule has 0 saturated heterocycles. The number of unbranched alkanes of at least 4 members (excludes halogenated alkanes) is 11. The van der Waals surface area contributed by atoms with Crippen molar-refractivity contribution in [1.82, 2.24) is 0 Å². The summed E-state index contributed by atoms with van der Waals surface area (Å²) in [6, 6.07) is 0. The topological polar surface area (TPSA) is 107 Å². The zero-order chi connectivity index (χ0) is 22.0. The number of hydrogen-bond donors (Lipinski definition) is 1. The zero-order valence-electron chi connectivity index (χ0n) is 18.2. The monoisotopic (exact) mass is 460 g/mol. The SMILES string of the molecule is CCCCCCCCCCCCOC(=O)C(CC(=O)OCCCCC)S(=O)(=O)O.[NaH]. The van der Waals surface area contributed by atoms with Gasteiger partial charge in [-0.15, -0.1) is 0 Å². The first kappa shape index (κ1) is 32.0. The van der Waals surface area contributed by atoms with Gasteiger partial charge in [0, 0.05) is 0 Å². The Balaban J connectivity index is 0. The van der Waals surface area contributed by atoms with Crippen LogP contribution in [-0.2, 0) is 29.2 Å². The van der Waals surface area contributed by atoms with Crippen LogP contribution in [-0.4, -0.2) is 72.9 Å².